The Bertz CT molecular complexity index is 741. The van der Waals surface area contributed by atoms with Crippen molar-refractivity contribution in [1.29, 1.82) is 0 Å². The van der Waals surface area contributed by atoms with Crippen molar-refractivity contribution >= 4 is 12.1 Å². The number of benzene rings is 2. The zero-order valence-electron chi connectivity index (χ0n) is 12.8. The topological polar surface area (TPSA) is 59.6 Å². The van der Waals surface area contributed by atoms with Gasteiger partial charge in [-0.2, -0.15) is 0 Å². The largest absolute Gasteiger partial charge is 0.454 e. The molecule has 3 rings (SSSR count). The fraction of sp³-hybridized carbons (Fsp3) is 0.167. The third-order valence-corrected chi connectivity index (χ3v) is 3.56. The van der Waals surface area contributed by atoms with Crippen LogP contribution < -0.4 is 20.1 Å². The van der Waals surface area contributed by atoms with E-state index in [1.807, 2.05) is 55.5 Å². The summed E-state index contributed by atoms with van der Waals surface area (Å²) < 4.78 is 10.6. The van der Waals surface area contributed by atoms with Gasteiger partial charge < -0.3 is 20.1 Å². The van der Waals surface area contributed by atoms with Crippen LogP contribution in [0.15, 0.2) is 48.7 Å². The zero-order chi connectivity index (χ0) is 16.1. The van der Waals surface area contributed by atoms with Gasteiger partial charge in [-0.15, -0.1) is 0 Å². The molecule has 2 N–H and O–H groups in total. The Morgan fingerprint density at radius 2 is 2.00 bits per heavy atom. The first-order valence-corrected chi connectivity index (χ1v) is 7.37. The summed E-state index contributed by atoms with van der Waals surface area (Å²) in [4.78, 5) is 11.8. The molecule has 5 heteroatoms. The third kappa shape index (κ3) is 3.83. The van der Waals surface area contributed by atoms with E-state index in [1.165, 1.54) is 0 Å². The van der Waals surface area contributed by atoms with Crippen molar-refractivity contribution in [3.8, 4) is 11.5 Å². The van der Waals surface area contributed by atoms with Gasteiger partial charge in [-0.3, -0.25) is 0 Å². The summed E-state index contributed by atoms with van der Waals surface area (Å²) in [6, 6.07) is 13.3. The lowest BCUT2D eigenvalue weighted by Gasteiger charge is -2.06. The summed E-state index contributed by atoms with van der Waals surface area (Å²) in [5, 5.41) is 5.49. The highest BCUT2D eigenvalue weighted by molar-refractivity contribution is 5.76. The lowest BCUT2D eigenvalue weighted by molar-refractivity contribution is 0.174. The van der Waals surface area contributed by atoms with Crippen molar-refractivity contribution in [3.63, 3.8) is 0 Å². The van der Waals surface area contributed by atoms with Crippen LogP contribution in [0.4, 0.5) is 4.79 Å². The summed E-state index contributed by atoms with van der Waals surface area (Å²) in [7, 11) is 0. The molecule has 0 bridgehead atoms. The van der Waals surface area contributed by atoms with Crippen LogP contribution in [0, 0.1) is 6.92 Å². The predicted octanol–water partition coefficient (Wildman–Crippen LogP) is 3.19. The normalized spacial score (nSPS) is 12.4. The maximum absolute atomic E-state index is 11.8. The van der Waals surface area contributed by atoms with Gasteiger partial charge in [0, 0.05) is 12.7 Å². The van der Waals surface area contributed by atoms with Crippen molar-refractivity contribution in [2.45, 2.75) is 13.5 Å². The molecule has 2 amide bonds. The average molecular weight is 310 g/mol. The Labute approximate surface area is 134 Å². The third-order valence-electron chi connectivity index (χ3n) is 3.56. The lowest BCUT2D eigenvalue weighted by atomic mass is 10.1. The van der Waals surface area contributed by atoms with Crippen LogP contribution in [-0.4, -0.2) is 12.8 Å². The molecular formula is C18H18N2O3. The van der Waals surface area contributed by atoms with Crippen LogP contribution in [-0.2, 0) is 6.54 Å². The van der Waals surface area contributed by atoms with Crippen LogP contribution in [0.25, 0.3) is 6.08 Å². The number of aryl methyl sites for hydroxylation is 1. The van der Waals surface area contributed by atoms with Crippen LogP contribution in [0.5, 0.6) is 11.5 Å². The number of fused-ring (bicyclic) bond motifs is 1. The molecule has 0 aromatic heterocycles. The number of hydrogen-bond donors (Lipinski definition) is 2. The van der Waals surface area contributed by atoms with E-state index in [1.54, 1.807) is 6.20 Å². The Hall–Kier alpha value is -2.95. The van der Waals surface area contributed by atoms with Gasteiger partial charge in [-0.1, -0.05) is 30.3 Å². The SMILES string of the molecule is Cc1ccccc1/C=C/NC(=O)NCc1ccc2c(c1)OCO2. The Morgan fingerprint density at radius 1 is 1.17 bits per heavy atom. The molecule has 0 saturated carbocycles. The molecule has 118 valence electrons. The molecule has 0 spiro atoms. The molecule has 5 nitrogen and oxygen atoms in total. The molecule has 0 aliphatic carbocycles. The first-order valence-electron chi connectivity index (χ1n) is 7.37. The van der Waals surface area contributed by atoms with Crippen molar-refractivity contribution in [2.24, 2.45) is 0 Å². The summed E-state index contributed by atoms with van der Waals surface area (Å²) in [5.41, 5.74) is 3.18. The molecule has 1 aliphatic heterocycles. The molecule has 0 fully saturated rings. The van der Waals surface area contributed by atoms with Crippen molar-refractivity contribution in [2.75, 3.05) is 6.79 Å². The van der Waals surface area contributed by atoms with E-state index in [2.05, 4.69) is 10.6 Å². The van der Waals surface area contributed by atoms with E-state index in [0.29, 0.717) is 12.3 Å². The first-order chi connectivity index (χ1) is 11.2. The number of carbonyl (C=O) groups is 1. The maximum atomic E-state index is 11.8. The Balaban J connectivity index is 1.49. The van der Waals surface area contributed by atoms with E-state index in [0.717, 1.165) is 22.4 Å². The molecule has 23 heavy (non-hydrogen) atoms. The Morgan fingerprint density at radius 3 is 2.87 bits per heavy atom. The molecule has 0 atom stereocenters. The standard InChI is InChI=1S/C18H18N2O3/c1-13-4-2-3-5-15(13)8-9-19-18(21)20-11-14-6-7-16-17(10-14)23-12-22-16/h2-10H,11-12H2,1H3,(H2,19,20,21)/b9-8+. The minimum Gasteiger partial charge on any atom is -0.454 e. The van der Waals surface area contributed by atoms with Gasteiger partial charge in [0.15, 0.2) is 11.5 Å². The predicted molar refractivity (Wildman–Crippen MR) is 88.1 cm³/mol. The highest BCUT2D eigenvalue weighted by Crippen LogP contribution is 2.32. The van der Waals surface area contributed by atoms with E-state index < -0.39 is 0 Å². The monoisotopic (exact) mass is 310 g/mol. The molecule has 0 radical (unpaired) electrons. The average Bonchev–Trinajstić information content (AvgIpc) is 3.02. The Kier molecular flexibility index (Phi) is 4.47. The van der Waals surface area contributed by atoms with Crippen LogP contribution in [0.3, 0.4) is 0 Å². The number of urea groups is 1. The fourth-order valence-electron chi connectivity index (χ4n) is 2.27. The molecule has 0 unspecified atom stereocenters. The molecule has 2 aromatic carbocycles. The summed E-state index contributed by atoms with van der Waals surface area (Å²) in [6.07, 6.45) is 3.51. The van der Waals surface area contributed by atoms with Gasteiger partial charge in [0.05, 0.1) is 0 Å². The van der Waals surface area contributed by atoms with Crippen LogP contribution in [0.1, 0.15) is 16.7 Å². The van der Waals surface area contributed by atoms with Crippen LogP contribution in [0.2, 0.25) is 0 Å². The van der Waals surface area contributed by atoms with E-state index in [4.69, 9.17) is 9.47 Å². The van der Waals surface area contributed by atoms with E-state index in [-0.39, 0.29) is 12.8 Å². The van der Waals surface area contributed by atoms with Crippen molar-refractivity contribution < 1.29 is 14.3 Å². The number of rotatable bonds is 4. The van der Waals surface area contributed by atoms with Gasteiger partial charge in [-0.25, -0.2) is 4.79 Å². The molecule has 0 saturated heterocycles. The second kappa shape index (κ2) is 6.87. The summed E-state index contributed by atoms with van der Waals surface area (Å²) in [6.45, 7) is 2.69. The van der Waals surface area contributed by atoms with Crippen molar-refractivity contribution in [1.82, 2.24) is 10.6 Å². The minimum absolute atomic E-state index is 0.246. The molecular weight excluding hydrogens is 292 g/mol. The summed E-state index contributed by atoms with van der Waals surface area (Å²) >= 11 is 0. The lowest BCUT2D eigenvalue weighted by Crippen LogP contribution is -2.31. The number of carbonyl (C=O) groups excluding carboxylic acids is 1. The maximum Gasteiger partial charge on any atom is 0.319 e. The first kappa shape index (κ1) is 15.0. The highest BCUT2D eigenvalue weighted by atomic mass is 16.7. The van der Waals surface area contributed by atoms with Gasteiger partial charge in [-0.05, 0) is 41.8 Å². The zero-order valence-corrected chi connectivity index (χ0v) is 12.8. The number of ether oxygens (including phenoxy) is 2. The van der Waals surface area contributed by atoms with Gasteiger partial charge in [0.2, 0.25) is 6.79 Å². The number of nitrogens with one attached hydrogen (secondary N) is 2. The van der Waals surface area contributed by atoms with Gasteiger partial charge in [0.25, 0.3) is 0 Å². The minimum atomic E-state index is -0.257. The molecule has 1 heterocycles. The highest BCUT2D eigenvalue weighted by Gasteiger charge is 2.13. The van der Waals surface area contributed by atoms with Crippen LogP contribution >= 0.6 is 0 Å². The van der Waals surface area contributed by atoms with E-state index >= 15 is 0 Å². The number of hydrogen-bond acceptors (Lipinski definition) is 3. The second-order valence-electron chi connectivity index (χ2n) is 5.20. The van der Waals surface area contributed by atoms with Crippen molar-refractivity contribution in [3.05, 3.63) is 65.4 Å². The number of amides is 2. The summed E-state index contributed by atoms with van der Waals surface area (Å²) in [5.74, 6) is 1.45. The molecule has 1 aliphatic rings. The second-order valence-corrected chi connectivity index (χ2v) is 5.20. The van der Waals surface area contributed by atoms with E-state index in [9.17, 15) is 4.79 Å². The van der Waals surface area contributed by atoms with Gasteiger partial charge >= 0.3 is 6.03 Å². The van der Waals surface area contributed by atoms with Gasteiger partial charge in [0.1, 0.15) is 0 Å². The fourth-order valence-corrected chi connectivity index (χ4v) is 2.27. The quantitative estimate of drug-likeness (QED) is 0.912. The smallest absolute Gasteiger partial charge is 0.319 e. The molecule has 2 aromatic rings.